The van der Waals surface area contributed by atoms with Crippen molar-refractivity contribution < 1.29 is 158 Å². The number of carbonyl (C=O) groups is 4. The van der Waals surface area contributed by atoms with Gasteiger partial charge in [-0.15, -0.1) is 259 Å². The Morgan fingerprint density at radius 1 is 0.250 bits per heavy atom. The SMILES string of the molecule is CCP(CC)CC.CCP(CC)CC.CCP(CC)CC.CCP(CC)CC.CCP(CC)CC.CCP(CC)CC.CCP(CC)CC.CCP(CC)CC.ClCCl.ClCCl.ClCCl.ClCCl.ClCCl.ClCCl.O=C([O-])[c-]1cccc1.O=C([O-])[c-]1cccc1.O=C([O-])c1ccc[cH-]1.O=C([O-])c1ccc[cH-]1.[Fe+2].[Fe+2].[Pt+2].[Pt+2].[Pt+2].[Pt+2].[c-]1ccc2ccc3cc[c-]cc3c2c1.[c-]1ccc2ccc3cc[c-]cc3c2c1. The van der Waals surface area contributed by atoms with Gasteiger partial charge < -0.3 is 39.6 Å². The first-order valence-corrected chi connectivity index (χ1v) is 67.6. The largest absolute Gasteiger partial charge is 2.00 e. The van der Waals surface area contributed by atoms with Crippen LogP contribution in [0.3, 0.4) is 0 Å². The van der Waals surface area contributed by atoms with Crippen LogP contribution in [-0.4, -0.2) is 204 Å². The van der Waals surface area contributed by atoms with E-state index < -0.39 is 23.9 Å². The molecule has 0 spiro atoms. The van der Waals surface area contributed by atoms with Gasteiger partial charge in [0.2, 0.25) is 0 Å². The van der Waals surface area contributed by atoms with Gasteiger partial charge in [-0.2, -0.15) is 179 Å². The van der Waals surface area contributed by atoms with Gasteiger partial charge in [-0.1, -0.05) is 190 Å². The van der Waals surface area contributed by atoms with E-state index in [1.807, 2.05) is 48.5 Å². The first-order valence-electron chi connectivity index (χ1n) is 46.0. The van der Waals surface area contributed by atoms with E-state index in [-0.39, 0.29) is 173 Å². The minimum Gasteiger partial charge on any atom is -0.603 e. The third-order valence-corrected chi connectivity index (χ3v) is 40.8. The maximum absolute atomic E-state index is 9.95. The maximum Gasteiger partial charge on any atom is 2.00 e. The van der Waals surface area contributed by atoms with Crippen LogP contribution in [0.4, 0.5) is 0 Å². The van der Waals surface area contributed by atoms with Crippen molar-refractivity contribution in [3.8, 4) is 0 Å². The minimum atomic E-state index is -1.12. The van der Waals surface area contributed by atoms with Crippen LogP contribution < -0.4 is 20.4 Å². The number of hydrogen-bond acceptors (Lipinski definition) is 8. The second kappa shape index (κ2) is 141. The molecule has 34 heteroatoms. The van der Waals surface area contributed by atoms with E-state index >= 15 is 0 Å². The number of fused-ring (bicyclic) bond motifs is 6. The van der Waals surface area contributed by atoms with Gasteiger partial charge in [-0.25, -0.2) is 24.3 Å². The Morgan fingerprint density at radius 2 is 0.386 bits per heavy atom. The normalized spacial score (nSPS) is 9.11. The molecular weight excluding hydrogens is 2970 g/mol. The van der Waals surface area contributed by atoms with Gasteiger partial charge in [0.1, 0.15) is 0 Å². The molecule has 10 aromatic carbocycles. The number of carbonyl (C=O) groups excluding carboxylic acids is 4. The van der Waals surface area contributed by atoms with Gasteiger partial charge in [0.15, 0.2) is 0 Å². The molecule has 0 aliphatic heterocycles. The fourth-order valence-electron chi connectivity index (χ4n) is 11.1. The molecule has 0 radical (unpaired) electrons. The van der Waals surface area contributed by atoms with E-state index in [0.717, 1.165) is 0 Å². The third-order valence-electron chi connectivity index (χ3n) is 19.4. The zero-order valence-corrected chi connectivity index (χ0v) is 115. The van der Waals surface area contributed by atoms with Crippen molar-refractivity contribution in [2.24, 2.45) is 0 Å². The van der Waals surface area contributed by atoms with E-state index in [2.05, 4.69) is 239 Å². The van der Waals surface area contributed by atoms with E-state index in [1.54, 1.807) is 48.5 Å². The Kier molecular flexibility index (Phi) is 180. The molecule has 0 amide bonds. The van der Waals surface area contributed by atoms with E-state index in [1.165, 1.54) is 240 Å². The van der Waals surface area contributed by atoms with Crippen LogP contribution >= 0.6 is 203 Å². The molecule has 0 N–H and O–H groups in total. The summed E-state index contributed by atoms with van der Waals surface area (Å²) in [5, 5.41) is 51.0. The van der Waals surface area contributed by atoms with Crippen LogP contribution in [0, 0.1) is 24.3 Å². The summed E-state index contributed by atoms with van der Waals surface area (Å²) < 4.78 is 0. The van der Waals surface area contributed by atoms with E-state index in [9.17, 15) is 39.6 Å². The molecular formula is C106H164Cl12Fe2O8P8Pt4. The monoisotopic (exact) mass is 3120 g/mol. The average Bonchev–Trinajstić information content (AvgIpc) is 1.31. The van der Waals surface area contributed by atoms with Crippen molar-refractivity contribution in [3.05, 3.63) is 241 Å². The molecule has 140 heavy (non-hydrogen) atoms. The Balaban J connectivity index is -0.0000000837. The molecule has 0 fully saturated rings. The van der Waals surface area contributed by atoms with E-state index in [0.29, 0.717) is 63.4 Å². The molecule has 816 valence electrons. The predicted octanol–water partition coefficient (Wildman–Crippen LogP) is 35.0. The van der Waals surface area contributed by atoms with Crippen LogP contribution in [0.15, 0.2) is 194 Å². The van der Waals surface area contributed by atoms with Crippen LogP contribution in [-0.2, 0) is 118 Å². The number of hydrogen-bond donors (Lipinski definition) is 0. The molecule has 0 atom stereocenters. The Labute approximate surface area is 1000 Å². The standard InChI is InChI=1S/2C14H8.4C6H5O2.8C6H15P.6CH2Cl2.2Fe.4Pt/c2*1-3-7-13-11(5-1)9-10-12-6-2-4-8-14(12)13;4*7-6(8)5-3-1-2-4-5;8*1-4-7(5-2)6-3;6*2-1-3;;;;;;/h2*1-2,5-10H;4*1-4H,(H,7,8);8*4-6H2,1-3H3;6*1H2;;;;;;/q2*-2;4*-1;;;;;;;;;;;;;;;6*+2/p-4. The number of carboxylic acid groups (broad SMARTS) is 4. The number of halogens is 12. The van der Waals surface area contributed by atoms with Crippen molar-refractivity contribution in [2.75, 3.05) is 180 Å². The topological polar surface area (TPSA) is 161 Å². The molecule has 0 aromatic heterocycles. The van der Waals surface area contributed by atoms with Gasteiger partial charge in [-0.3, -0.25) is 0 Å². The molecule has 10 rings (SSSR count). The van der Waals surface area contributed by atoms with Crippen molar-refractivity contribution in [1.82, 2.24) is 0 Å². The third kappa shape index (κ3) is 111. The summed E-state index contributed by atoms with van der Waals surface area (Å²) in [4.78, 5) is 39.8. The maximum atomic E-state index is 9.95. The van der Waals surface area contributed by atoms with Crippen LogP contribution in [0.5, 0.6) is 0 Å². The number of carboxylic acids is 4. The first kappa shape index (κ1) is 178. The minimum absolute atomic E-state index is 0. The molecule has 0 saturated heterocycles. The van der Waals surface area contributed by atoms with Crippen molar-refractivity contribution in [2.45, 2.75) is 166 Å². The quantitative estimate of drug-likeness (QED) is 0.0154. The Hall–Kier alpha value is 2.35. The molecule has 8 nitrogen and oxygen atoms in total. The predicted molar refractivity (Wildman–Crippen MR) is 631 cm³/mol. The van der Waals surface area contributed by atoms with Gasteiger partial charge in [0.05, 0.1) is 32.0 Å². The summed E-state index contributed by atoms with van der Waals surface area (Å²) in [7, 11) is 3.57. The summed E-state index contributed by atoms with van der Waals surface area (Å²) in [6.07, 6.45) is 34.1. The van der Waals surface area contributed by atoms with Crippen molar-refractivity contribution in [1.29, 1.82) is 0 Å². The molecule has 0 aliphatic rings. The molecule has 0 saturated carbocycles. The summed E-state index contributed by atoms with van der Waals surface area (Å²) in [6, 6.07) is 70.5. The van der Waals surface area contributed by atoms with Gasteiger partial charge in [-0.05, 0) is 160 Å². The number of benzene rings is 6. The zero-order valence-electron chi connectivity index (χ0n) is 87.0. The van der Waals surface area contributed by atoms with Crippen LogP contribution in [0.2, 0.25) is 0 Å². The molecule has 0 aliphatic carbocycles. The second-order valence-corrected chi connectivity index (χ2v) is 56.9. The van der Waals surface area contributed by atoms with Gasteiger partial charge in [0.25, 0.3) is 0 Å². The average molecular weight is 3130 g/mol. The van der Waals surface area contributed by atoms with Gasteiger partial charge in [0, 0.05) is 11.9 Å². The van der Waals surface area contributed by atoms with Crippen LogP contribution in [0.1, 0.15) is 208 Å². The fourth-order valence-corrected chi connectivity index (χ4v) is 21.8. The van der Waals surface area contributed by atoms with Crippen molar-refractivity contribution in [3.63, 3.8) is 0 Å². The summed E-state index contributed by atoms with van der Waals surface area (Å²) in [6.45, 7) is 55.0. The summed E-state index contributed by atoms with van der Waals surface area (Å²) in [5.74, 6) is -4.46. The fraction of sp³-hybridized carbons (Fsp3) is 0.509. The first-order chi connectivity index (χ1) is 64.4. The molecule has 0 bridgehead atoms. The second-order valence-electron chi connectivity index (χ2n) is 26.1. The Morgan fingerprint density at radius 3 is 0.464 bits per heavy atom. The smallest absolute Gasteiger partial charge is 0.603 e. The van der Waals surface area contributed by atoms with E-state index in [4.69, 9.17) is 139 Å². The summed E-state index contributed by atoms with van der Waals surface area (Å²) in [5.41, 5.74) is 0.963. The Bertz CT molecular complexity index is 3380. The van der Waals surface area contributed by atoms with Crippen molar-refractivity contribution >= 4 is 270 Å². The number of rotatable bonds is 28. The number of alkyl halides is 12. The van der Waals surface area contributed by atoms with Crippen LogP contribution in [0.25, 0.3) is 43.1 Å². The van der Waals surface area contributed by atoms with Gasteiger partial charge >= 0.3 is 118 Å². The zero-order chi connectivity index (χ0) is 105. The molecule has 10 aromatic rings. The molecule has 0 unspecified atom stereocenters. The summed E-state index contributed by atoms with van der Waals surface area (Å²) >= 11 is 57.2. The molecule has 0 heterocycles. The number of aromatic carboxylic acids is 4.